The lowest BCUT2D eigenvalue weighted by Crippen LogP contribution is -2.11. The number of hydrogen-bond donors (Lipinski definition) is 0. The van der Waals surface area contributed by atoms with Gasteiger partial charge < -0.3 is 4.74 Å². The van der Waals surface area contributed by atoms with Crippen molar-refractivity contribution in [3.8, 4) is 5.75 Å². The van der Waals surface area contributed by atoms with Gasteiger partial charge in [0.25, 0.3) is 0 Å². The maximum Gasteiger partial charge on any atom is 0.163 e. The Balaban J connectivity index is 2.52. The molecule has 1 aromatic carbocycles. The average molecular weight is 176 g/mol. The topological polar surface area (TPSA) is 26.3 Å². The molecular formula is C11H12O2. The van der Waals surface area contributed by atoms with E-state index >= 15 is 0 Å². The minimum Gasteiger partial charge on any atom is -0.493 e. The first-order valence-corrected chi connectivity index (χ1v) is 4.54. The fraction of sp³-hybridized carbons (Fsp3) is 0.364. The molecule has 0 N–H and O–H groups in total. The van der Waals surface area contributed by atoms with Gasteiger partial charge in [0.2, 0.25) is 0 Å². The van der Waals surface area contributed by atoms with Crippen LogP contribution < -0.4 is 4.74 Å². The van der Waals surface area contributed by atoms with E-state index < -0.39 is 0 Å². The molecule has 0 saturated carbocycles. The number of fused-ring (bicyclic) bond motifs is 1. The van der Waals surface area contributed by atoms with Crippen molar-refractivity contribution in [2.45, 2.75) is 19.8 Å². The van der Waals surface area contributed by atoms with Crippen LogP contribution in [0.15, 0.2) is 18.2 Å². The van der Waals surface area contributed by atoms with Gasteiger partial charge in [0.05, 0.1) is 12.2 Å². The van der Waals surface area contributed by atoms with Crippen molar-refractivity contribution in [1.82, 2.24) is 0 Å². The quantitative estimate of drug-likeness (QED) is 0.613. The van der Waals surface area contributed by atoms with E-state index in [1.54, 1.807) is 6.92 Å². The Hall–Kier alpha value is -1.31. The second-order valence-corrected chi connectivity index (χ2v) is 3.30. The van der Waals surface area contributed by atoms with Crippen molar-refractivity contribution in [2.24, 2.45) is 0 Å². The summed E-state index contributed by atoms with van der Waals surface area (Å²) in [5, 5.41) is 0. The molecule has 0 aliphatic carbocycles. The second kappa shape index (κ2) is 3.21. The minimum absolute atomic E-state index is 0.0822. The van der Waals surface area contributed by atoms with Crippen LogP contribution in [0.3, 0.4) is 0 Å². The molecule has 0 bridgehead atoms. The van der Waals surface area contributed by atoms with E-state index in [0.29, 0.717) is 0 Å². The van der Waals surface area contributed by atoms with Gasteiger partial charge >= 0.3 is 0 Å². The van der Waals surface area contributed by atoms with Crippen molar-refractivity contribution in [3.05, 3.63) is 29.3 Å². The number of hydrogen-bond acceptors (Lipinski definition) is 2. The van der Waals surface area contributed by atoms with Gasteiger partial charge in [0.1, 0.15) is 5.75 Å². The molecule has 0 atom stereocenters. The number of aryl methyl sites for hydroxylation is 1. The largest absolute Gasteiger partial charge is 0.493 e. The van der Waals surface area contributed by atoms with E-state index in [2.05, 4.69) is 0 Å². The predicted octanol–water partition coefficient (Wildman–Crippen LogP) is 2.21. The normalized spacial score (nSPS) is 14.5. The number of benzene rings is 1. The van der Waals surface area contributed by atoms with E-state index in [-0.39, 0.29) is 5.78 Å². The molecule has 1 aliphatic heterocycles. The summed E-state index contributed by atoms with van der Waals surface area (Å²) in [6.45, 7) is 2.31. The summed E-state index contributed by atoms with van der Waals surface area (Å²) in [5.74, 6) is 0.889. The first-order valence-electron chi connectivity index (χ1n) is 4.54. The van der Waals surface area contributed by atoms with Crippen molar-refractivity contribution in [2.75, 3.05) is 6.61 Å². The first kappa shape index (κ1) is 8.30. The molecule has 0 fully saturated rings. The number of para-hydroxylation sites is 1. The van der Waals surface area contributed by atoms with Crippen LogP contribution in [0.5, 0.6) is 5.75 Å². The summed E-state index contributed by atoms with van der Waals surface area (Å²) < 4.78 is 5.50. The van der Waals surface area contributed by atoms with Gasteiger partial charge in [-0.05, 0) is 31.4 Å². The van der Waals surface area contributed by atoms with Crippen LogP contribution in [-0.2, 0) is 6.42 Å². The smallest absolute Gasteiger partial charge is 0.163 e. The molecule has 1 aliphatic rings. The van der Waals surface area contributed by atoms with Gasteiger partial charge in [-0.1, -0.05) is 12.1 Å². The van der Waals surface area contributed by atoms with Crippen LogP contribution in [0.4, 0.5) is 0 Å². The van der Waals surface area contributed by atoms with E-state index in [9.17, 15) is 4.79 Å². The number of ether oxygens (including phenoxy) is 1. The van der Waals surface area contributed by atoms with Gasteiger partial charge in [0.15, 0.2) is 5.78 Å². The lowest BCUT2D eigenvalue weighted by molar-refractivity contribution is 0.101. The fourth-order valence-corrected chi connectivity index (χ4v) is 1.67. The molecule has 0 saturated heterocycles. The number of carbonyl (C=O) groups excluding carboxylic acids is 1. The molecule has 0 aromatic heterocycles. The summed E-state index contributed by atoms with van der Waals surface area (Å²) in [6, 6.07) is 5.78. The second-order valence-electron chi connectivity index (χ2n) is 3.30. The number of rotatable bonds is 1. The van der Waals surface area contributed by atoms with Crippen molar-refractivity contribution in [1.29, 1.82) is 0 Å². The molecule has 2 nitrogen and oxygen atoms in total. The van der Waals surface area contributed by atoms with Crippen LogP contribution in [0, 0.1) is 0 Å². The molecule has 13 heavy (non-hydrogen) atoms. The zero-order chi connectivity index (χ0) is 9.26. The highest BCUT2D eigenvalue weighted by molar-refractivity contribution is 5.97. The summed E-state index contributed by atoms with van der Waals surface area (Å²) >= 11 is 0. The maximum absolute atomic E-state index is 11.2. The summed E-state index contributed by atoms with van der Waals surface area (Å²) in [5.41, 5.74) is 1.89. The standard InChI is InChI=1S/C11H12O2/c1-8(12)10-6-2-4-9-5-3-7-13-11(9)10/h2,4,6H,3,5,7H2,1H3. The SMILES string of the molecule is CC(=O)c1cccc2c1OCCC2. The third-order valence-corrected chi connectivity index (χ3v) is 2.31. The lowest BCUT2D eigenvalue weighted by atomic mass is 10.0. The van der Waals surface area contributed by atoms with Gasteiger partial charge in [-0.15, -0.1) is 0 Å². The average Bonchev–Trinajstić information content (AvgIpc) is 2.17. The van der Waals surface area contributed by atoms with Crippen LogP contribution in [-0.4, -0.2) is 12.4 Å². The Labute approximate surface area is 77.5 Å². The molecule has 0 amide bonds. The molecule has 68 valence electrons. The highest BCUT2D eigenvalue weighted by Gasteiger charge is 2.15. The van der Waals surface area contributed by atoms with Gasteiger partial charge in [-0.2, -0.15) is 0 Å². The Morgan fingerprint density at radius 3 is 3.08 bits per heavy atom. The van der Waals surface area contributed by atoms with E-state index in [0.717, 1.165) is 30.8 Å². The molecule has 2 rings (SSSR count). The number of carbonyl (C=O) groups is 1. The summed E-state index contributed by atoms with van der Waals surface area (Å²) in [7, 11) is 0. The zero-order valence-corrected chi connectivity index (χ0v) is 7.67. The molecule has 1 heterocycles. The number of Topliss-reactive ketones (excluding diaryl/α,β-unsaturated/α-hetero) is 1. The Morgan fingerprint density at radius 1 is 1.46 bits per heavy atom. The Morgan fingerprint density at radius 2 is 2.31 bits per heavy atom. The molecular weight excluding hydrogens is 164 g/mol. The highest BCUT2D eigenvalue weighted by Crippen LogP contribution is 2.28. The third kappa shape index (κ3) is 1.44. The molecule has 2 heteroatoms. The first-order chi connectivity index (χ1) is 6.29. The number of ketones is 1. The van der Waals surface area contributed by atoms with Crippen molar-refractivity contribution in [3.63, 3.8) is 0 Å². The predicted molar refractivity (Wildman–Crippen MR) is 50.3 cm³/mol. The van der Waals surface area contributed by atoms with E-state index in [4.69, 9.17) is 4.74 Å². The van der Waals surface area contributed by atoms with Gasteiger partial charge in [-0.25, -0.2) is 0 Å². The van der Waals surface area contributed by atoms with Gasteiger partial charge in [0, 0.05) is 0 Å². The molecule has 0 unspecified atom stereocenters. The third-order valence-electron chi connectivity index (χ3n) is 2.31. The van der Waals surface area contributed by atoms with Gasteiger partial charge in [-0.3, -0.25) is 4.79 Å². The van der Waals surface area contributed by atoms with E-state index in [1.165, 1.54) is 5.56 Å². The van der Waals surface area contributed by atoms with Crippen LogP contribution >= 0.6 is 0 Å². The summed E-state index contributed by atoms with van der Waals surface area (Å²) in [4.78, 5) is 11.2. The summed E-state index contributed by atoms with van der Waals surface area (Å²) in [6.07, 6.45) is 2.07. The van der Waals surface area contributed by atoms with Crippen LogP contribution in [0.2, 0.25) is 0 Å². The van der Waals surface area contributed by atoms with Crippen LogP contribution in [0.25, 0.3) is 0 Å². The zero-order valence-electron chi connectivity index (χ0n) is 7.67. The lowest BCUT2D eigenvalue weighted by Gasteiger charge is -2.18. The van der Waals surface area contributed by atoms with Crippen LogP contribution in [0.1, 0.15) is 29.3 Å². The Kier molecular flexibility index (Phi) is 2.05. The highest BCUT2D eigenvalue weighted by atomic mass is 16.5. The fourth-order valence-electron chi connectivity index (χ4n) is 1.67. The van der Waals surface area contributed by atoms with E-state index in [1.807, 2.05) is 18.2 Å². The molecule has 0 radical (unpaired) electrons. The van der Waals surface area contributed by atoms with Crippen molar-refractivity contribution < 1.29 is 9.53 Å². The molecule has 0 spiro atoms. The monoisotopic (exact) mass is 176 g/mol. The Bertz CT molecular complexity index is 342. The molecule has 1 aromatic rings. The van der Waals surface area contributed by atoms with Crippen molar-refractivity contribution >= 4 is 5.78 Å². The maximum atomic E-state index is 11.2. The minimum atomic E-state index is 0.0822.